The number of rotatable bonds is 5. The van der Waals surface area contributed by atoms with Crippen LogP contribution in [0.4, 0.5) is 4.79 Å². The van der Waals surface area contributed by atoms with Crippen molar-refractivity contribution in [1.82, 2.24) is 10.6 Å². The SMILES string of the molecule is COC(=O)CNC(NC(=O)OC(C)(C)C)C(=O)OC. The summed E-state index contributed by atoms with van der Waals surface area (Å²) in [5, 5.41) is 4.73. The predicted molar refractivity (Wildman–Crippen MR) is 65.2 cm³/mol. The molecule has 19 heavy (non-hydrogen) atoms. The van der Waals surface area contributed by atoms with E-state index < -0.39 is 29.8 Å². The lowest BCUT2D eigenvalue weighted by Gasteiger charge is -2.22. The van der Waals surface area contributed by atoms with E-state index in [1.165, 1.54) is 7.11 Å². The van der Waals surface area contributed by atoms with Gasteiger partial charge in [-0.25, -0.2) is 9.59 Å². The number of hydrogen-bond acceptors (Lipinski definition) is 7. The summed E-state index contributed by atoms with van der Waals surface area (Å²) < 4.78 is 13.9. The van der Waals surface area contributed by atoms with E-state index in [0.717, 1.165) is 7.11 Å². The average molecular weight is 276 g/mol. The number of methoxy groups -OCH3 is 2. The van der Waals surface area contributed by atoms with Gasteiger partial charge in [0.15, 0.2) is 6.17 Å². The summed E-state index contributed by atoms with van der Waals surface area (Å²) in [6.07, 6.45) is -2.00. The van der Waals surface area contributed by atoms with Crippen molar-refractivity contribution < 1.29 is 28.6 Å². The summed E-state index contributed by atoms with van der Waals surface area (Å²) in [6.45, 7) is 4.79. The number of carbonyl (C=O) groups excluding carboxylic acids is 3. The maximum Gasteiger partial charge on any atom is 0.409 e. The highest BCUT2D eigenvalue weighted by Crippen LogP contribution is 2.06. The number of hydrogen-bond donors (Lipinski definition) is 2. The van der Waals surface area contributed by atoms with Crippen molar-refractivity contribution in [3.05, 3.63) is 0 Å². The van der Waals surface area contributed by atoms with Crippen LogP contribution in [-0.2, 0) is 23.8 Å². The molecular weight excluding hydrogens is 256 g/mol. The van der Waals surface area contributed by atoms with Gasteiger partial charge in [-0.3, -0.25) is 15.4 Å². The molecule has 0 aromatic carbocycles. The van der Waals surface area contributed by atoms with E-state index in [1.54, 1.807) is 20.8 Å². The fourth-order valence-corrected chi connectivity index (χ4v) is 0.994. The molecule has 0 fully saturated rings. The second kappa shape index (κ2) is 7.57. The van der Waals surface area contributed by atoms with Crippen LogP contribution in [0.2, 0.25) is 0 Å². The van der Waals surface area contributed by atoms with Gasteiger partial charge in [-0.1, -0.05) is 0 Å². The molecule has 0 aromatic rings. The van der Waals surface area contributed by atoms with Crippen molar-refractivity contribution in [1.29, 1.82) is 0 Å². The number of nitrogens with one attached hydrogen (secondary N) is 2. The van der Waals surface area contributed by atoms with Crippen LogP contribution in [0.3, 0.4) is 0 Å². The maximum atomic E-state index is 11.5. The Morgan fingerprint density at radius 2 is 1.68 bits per heavy atom. The maximum absolute atomic E-state index is 11.5. The van der Waals surface area contributed by atoms with Crippen LogP contribution in [0.25, 0.3) is 0 Å². The van der Waals surface area contributed by atoms with Gasteiger partial charge in [0, 0.05) is 0 Å². The lowest BCUT2D eigenvalue weighted by atomic mass is 10.2. The highest BCUT2D eigenvalue weighted by Gasteiger charge is 2.25. The molecule has 110 valence electrons. The molecule has 2 N–H and O–H groups in total. The van der Waals surface area contributed by atoms with Crippen molar-refractivity contribution in [3.63, 3.8) is 0 Å². The number of ether oxygens (including phenoxy) is 3. The summed E-state index contributed by atoms with van der Waals surface area (Å²) in [5.41, 5.74) is -0.701. The Morgan fingerprint density at radius 3 is 2.11 bits per heavy atom. The summed E-state index contributed by atoms with van der Waals surface area (Å²) in [4.78, 5) is 33.9. The molecule has 0 aromatic heterocycles. The van der Waals surface area contributed by atoms with Crippen LogP contribution in [0.15, 0.2) is 0 Å². The molecule has 0 saturated carbocycles. The minimum Gasteiger partial charge on any atom is -0.468 e. The second-order valence-corrected chi connectivity index (χ2v) is 4.56. The highest BCUT2D eigenvalue weighted by atomic mass is 16.6. The van der Waals surface area contributed by atoms with Crippen LogP contribution < -0.4 is 10.6 Å². The number of esters is 2. The van der Waals surface area contributed by atoms with E-state index in [-0.39, 0.29) is 6.54 Å². The largest absolute Gasteiger partial charge is 0.468 e. The first-order chi connectivity index (χ1) is 8.69. The zero-order chi connectivity index (χ0) is 15.1. The molecular formula is C11H20N2O6. The Balaban J connectivity index is 4.47. The summed E-state index contributed by atoms with van der Waals surface area (Å²) in [5.74, 6) is -1.34. The minimum absolute atomic E-state index is 0.258. The average Bonchev–Trinajstić information content (AvgIpc) is 2.30. The Kier molecular flexibility index (Phi) is 6.84. The van der Waals surface area contributed by atoms with E-state index >= 15 is 0 Å². The molecule has 0 spiro atoms. The zero-order valence-electron chi connectivity index (χ0n) is 11.7. The molecule has 8 heteroatoms. The third-order valence-electron chi connectivity index (χ3n) is 1.78. The smallest absolute Gasteiger partial charge is 0.409 e. The van der Waals surface area contributed by atoms with Crippen molar-refractivity contribution in [2.75, 3.05) is 20.8 Å². The van der Waals surface area contributed by atoms with Crippen LogP contribution in [0, 0.1) is 0 Å². The molecule has 0 heterocycles. The van der Waals surface area contributed by atoms with E-state index in [4.69, 9.17) is 4.74 Å². The normalized spacial score (nSPS) is 12.3. The zero-order valence-corrected chi connectivity index (χ0v) is 11.7. The van der Waals surface area contributed by atoms with Gasteiger partial charge in [-0.2, -0.15) is 0 Å². The van der Waals surface area contributed by atoms with Crippen molar-refractivity contribution in [2.45, 2.75) is 32.5 Å². The highest BCUT2D eigenvalue weighted by molar-refractivity contribution is 5.81. The second-order valence-electron chi connectivity index (χ2n) is 4.56. The standard InChI is InChI=1S/C11H20N2O6/c1-11(2,3)19-10(16)13-8(9(15)18-5)12-6-7(14)17-4/h8,12H,6H2,1-5H3,(H,13,16). The Bertz CT molecular complexity index is 337. The molecule has 1 unspecified atom stereocenters. The van der Waals surface area contributed by atoms with E-state index in [2.05, 4.69) is 20.1 Å². The third-order valence-corrected chi connectivity index (χ3v) is 1.78. The van der Waals surface area contributed by atoms with Gasteiger partial charge < -0.3 is 14.2 Å². The molecule has 0 saturated heterocycles. The number of amides is 1. The molecule has 0 aliphatic rings. The minimum atomic E-state index is -1.20. The fourth-order valence-electron chi connectivity index (χ4n) is 0.994. The Hall–Kier alpha value is -1.83. The number of carbonyl (C=O) groups is 3. The lowest BCUT2D eigenvalue weighted by Crippen LogP contribution is -2.53. The first-order valence-electron chi connectivity index (χ1n) is 5.57. The van der Waals surface area contributed by atoms with Crippen LogP contribution in [-0.4, -0.2) is 50.6 Å². The van der Waals surface area contributed by atoms with Crippen molar-refractivity contribution in [3.8, 4) is 0 Å². The third kappa shape index (κ3) is 7.98. The molecule has 0 aliphatic carbocycles. The molecule has 8 nitrogen and oxygen atoms in total. The van der Waals surface area contributed by atoms with Gasteiger partial charge in [0.2, 0.25) is 0 Å². The van der Waals surface area contributed by atoms with Gasteiger partial charge in [0.25, 0.3) is 0 Å². The fraction of sp³-hybridized carbons (Fsp3) is 0.727. The molecule has 1 amide bonds. The molecule has 0 radical (unpaired) electrons. The summed E-state index contributed by atoms with van der Waals surface area (Å²) >= 11 is 0. The molecule has 0 aliphatic heterocycles. The van der Waals surface area contributed by atoms with Gasteiger partial charge >= 0.3 is 18.0 Å². The Labute approximate surface area is 111 Å². The summed E-state index contributed by atoms with van der Waals surface area (Å²) in [7, 11) is 2.37. The van der Waals surface area contributed by atoms with Gasteiger partial charge in [-0.15, -0.1) is 0 Å². The van der Waals surface area contributed by atoms with Crippen LogP contribution >= 0.6 is 0 Å². The number of alkyl carbamates (subject to hydrolysis) is 1. The quantitative estimate of drug-likeness (QED) is 0.406. The van der Waals surface area contributed by atoms with Crippen LogP contribution in [0.5, 0.6) is 0 Å². The summed E-state index contributed by atoms with van der Waals surface area (Å²) in [6, 6.07) is 0. The van der Waals surface area contributed by atoms with E-state index in [9.17, 15) is 14.4 Å². The van der Waals surface area contributed by atoms with Crippen molar-refractivity contribution >= 4 is 18.0 Å². The van der Waals surface area contributed by atoms with Gasteiger partial charge in [-0.05, 0) is 20.8 Å². The monoisotopic (exact) mass is 276 g/mol. The van der Waals surface area contributed by atoms with Gasteiger partial charge in [0.1, 0.15) is 5.60 Å². The molecule has 1 atom stereocenters. The van der Waals surface area contributed by atoms with Gasteiger partial charge in [0.05, 0.1) is 20.8 Å². The van der Waals surface area contributed by atoms with E-state index in [1.807, 2.05) is 0 Å². The first-order valence-corrected chi connectivity index (χ1v) is 5.57. The molecule has 0 bridgehead atoms. The Morgan fingerprint density at radius 1 is 1.11 bits per heavy atom. The topological polar surface area (TPSA) is 103 Å². The van der Waals surface area contributed by atoms with Crippen molar-refractivity contribution in [2.24, 2.45) is 0 Å². The van der Waals surface area contributed by atoms with E-state index in [0.29, 0.717) is 0 Å². The lowest BCUT2D eigenvalue weighted by molar-refractivity contribution is -0.145. The molecule has 0 rings (SSSR count). The first kappa shape index (κ1) is 17.2. The van der Waals surface area contributed by atoms with Crippen LogP contribution in [0.1, 0.15) is 20.8 Å². The predicted octanol–water partition coefficient (Wildman–Crippen LogP) is -0.227.